The van der Waals surface area contributed by atoms with Crippen LogP contribution in [0.4, 0.5) is 0 Å². The van der Waals surface area contributed by atoms with E-state index in [9.17, 15) is 28.8 Å². The van der Waals surface area contributed by atoms with Crippen molar-refractivity contribution in [2.75, 3.05) is 33.7 Å². The maximum atomic E-state index is 13.1. The molecule has 6 amide bonds. The van der Waals surface area contributed by atoms with E-state index >= 15 is 0 Å². The van der Waals surface area contributed by atoms with E-state index in [0.717, 1.165) is 25.8 Å². The first-order valence-corrected chi connectivity index (χ1v) is 13.8. The second-order valence-electron chi connectivity index (χ2n) is 12.4. The monoisotopic (exact) mass is 567 g/mol. The molecule has 40 heavy (non-hydrogen) atoms. The highest BCUT2D eigenvalue weighted by Crippen LogP contribution is 2.32. The first kappa shape index (κ1) is 34.8. The van der Waals surface area contributed by atoms with Crippen LogP contribution in [0.5, 0.6) is 0 Å². The second kappa shape index (κ2) is 15.0. The van der Waals surface area contributed by atoms with Crippen LogP contribution in [0.25, 0.3) is 0 Å². The van der Waals surface area contributed by atoms with Crippen LogP contribution in [-0.2, 0) is 28.8 Å². The molecule has 1 unspecified atom stereocenters. The SMILES string of the molecule is CC(C)CC(NC(=O)CNC=O)C(=O)NC(C)(C)C(=O)NC(C)(C)C(=O)NCCC(=O)NC1(CN(C)C)CCC1. The van der Waals surface area contributed by atoms with Crippen LogP contribution in [0.3, 0.4) is 0 Å². The second-order valence-corrected chi connectivity index (χ2v) is 12.4. The van der Waals surface area contributed by atoms with Crippen LogP contribution in [0.2, 0.25) is 0 Å². The summed E-state index contributed by atoms with van der Waals surface area (Å²) < 4.78 is 0. The fourth-order valence-electron chi connectivity index (χ4n) is 4.43. The third-order valence-corrected chi connectivity index (χ3v) is 6.67. The molecule has 0 aliphatic heterocycles. The predicted molar refractivity (Wildman–Crippen MR) is 151 cm³/mol. The average molecular weight is 568 g/mol. The van der Waals surface area contributed by atoms with E-state index in [2.05, 4.69) is 31.9 Å². The number of likely N-dealkylation sites (N-methyl/N-ethyl adjacent to an activating group) is 1. The van der Waals surface area contributed by atoms with E-state index in [1.54, 1.807) is 0 Å². The lowest BCUT2D eigenvalue weighted by Gasteiger charge is -2.44. The van der Waals surface area contributed by atoms with Gasteiger partial charge in [0.2, 0.25) is 35.9 Å². The van der Waals surface area contributed by atoms with Gasteiger partial charge in [-0.05, 0) is 73.4 Å². The van der Waals surface area contributed by atoms with Crippen LogP contribution >= 0.6 is 0 Å². The van der Waals surface area contributed by atoms with Gasteiger partial charge in [-0.1, -0.05) is 13.8 Å². The summed E-state index contributed by atoms with van der Waals surface area (Å²) in [5.74, 6) is -2.27. The molecule has 1 fully saturated rings. The van der Waals surface area contributed by atoms with Crippen molar-refractivity contribution in [3.63, 3.8) is 0 Å². The minimum Gasteiger partial charge on any atom is -0.354 e. The van der Waals surface area contributed by atoms with Gasteiger partial charge >= 0.3 is 0 Å². The van der Waals surface area contributed by atoms with Gasteiger partial charge in [-0.3, -0.25) is 28.8 Å². The number of carbonyl (C=O) groups is 6. The maximum absolute atomic E-state index is 13.1. The fourth-order valence-corrected chi connectivity index (χ4v) is 4.43. The van der Waals surface area contributed by atoms with Gasteiger partial charge in [0.1, 0.15) is 17.1 Å². The van der Waals surface area contributed by atoms with E-state index in [1.807, 2.05) is 32.8 Å². The molecule has 1 rings (SSSR count). The third-order valence-electron chi connectivity index (χ3n) is 6.67. The minimum atomic E-state index is -1.42. The summed E-state index contributed by atoms with van der Waals surface area (Å²) >= 11 is 0. The summed E-state index contributed by atoms with van der Waals surface area (Å²) in [7, 11) is 3.93. The Kier molecular flexibility index (Phi) is 13.0. The minimum absolute atomic E-state index is 0.0592. The van der Waals surface area contributed by atoms with E-state index in [4.69, 9.17) is 0 Å². The number of rotatable bonds is 17. The fraction of sp³-hybridized carbons (Fsp3) is 0.778. The molecule has 13 nitrogen and oxygen atoms in total. The van der Waals surface area contributed by atoms with Crippen LogP contribution in [0.1, 0.15) is 73.6 Å². The summed E-state index contributed by atoms with van der Waals surface area (Å²) in [6.45, 7) is 10.4. The normalized spacial score (nSPS) is 15.3. The van der Waals surface area contributed by atoms with Gasteiger partial charge in [0, 0.05) is 19.5 Å². The number of hydrogen-bond acceptors (Lipinski definition) is 7. The van der Waals surface area contributed by atoms with Gasteiger partial charge in [-0.15, -0.1) is 0 Å². The van der Waals surface area contributed by atoms with Gasteiger partial charge in [-0.2, -0.15) is 0 Å². The smallest absolute Gasteiger partial charge is 0.246 e. The van der Waals surface area contributed by atoms with Crippen molar-refractivity contribution in [2.24, 2.45) is 5.92 Å². The number of amides is 6. The molecular weight excluding hydrogens is 518 g/mol. The Morgan fingerprint density at radius 3 is 2.02 bits per heavy atom. The quantitative estimate of drug-likeness (QED) is 0.124. The Bertz CT molecular complexity index is 928. The third kappa shape index (κ3) is 11.5. The molecule has 6 N–H and O–H groups in total. The summed E-state index contributed by atoms with van der Waals surface area (Å²) in [4.78, 5) is 75.9. The molecule has 0 heterocycles. The molecule has 0 bridgehead atoms. The van der Waals surface area contributed by atoms with Gasteiger partial charge < -0.3 is 36.8 Å². The number of carbonyl (C=O) groups excluding carboxylic acids is 6. The van der Waals surface area contributed by atoms with Crippen molar-refractivity contribution in [1.29, 1.82) is 0 Å². The van der Waals surface area contributed by atoms with Crippen LogP contribution in [0.15, 0.2) is 0 Å². The summed E-state index contributed by atoms with van der Waals surface area (Å²) in [6, 6.07) is -0.924. The zero-order valence-corrected chi connectivity index (χ0v) is 25.3. The summed E-state index contributed by atoms with van der Waals surface area (Å²) in [5.41, 5.74) is -2.96. The van der Waals surface area contributed by atoms with E-state index in [0.29, 0.717) is 12.8 Å². The lowest BCUT2D eigenvalue weighted by molar-refractivity contribution is -0.138. The molecule has 0 radical (unpaired) electrons. The van der Waals surface area contributed by atoms with Gasteiger partial charge in [0.05, 0.1) is 12.1 Å². The molecule has 0 spiro atoms. The number of nitrogens with zero attached hydrogens (tertiary/aromatic N) is 1. The van der Waals surface area contributed by atoms with Gasteiger partial charge in [-0.25, -0.2) is 0 Å². The lowest BCUT2D eigenvalue weighted by Crippen LogP contribution is -2.64. The molecule has 0 aromatic heterocycles. The Morgan fingerprint density at radius 1 is 0.925 bits per heavy atom. The van der Waals surface area contributed by atoms with Crippen molar-refractivity contribution >= 4 is 35.9 Å². The van der Waals surface area contributed by atoms with E-state index in [-0.39, 0.29) is 36.9 Å². The van der Waals surface area contributed by atoms with Crippen LogP contribution < -0.4 is 31.9 Å². The molecular formula is C27H49N7O6. The highest BCUT2D eigenvalue weighted by Gasteiger charge is 2.40. The van der Waals surface area contributed by atoms with E-state index < -0.39 is 40.7 Å². The van der Waals surface area contributed by atoms with Crippen molar-refractivity contribution < 1.29 is 28.8 Å². The predicted octanol–water partition coefficient (Wildman–Crippen LogP) is -0.840. The first-order valence-electron chi connectivity index (χ1n) is 13.8. The molecule has 0 aromatic carbocycles. The standard InChI is InChI=1S/C27H49N7O6/c1-18(2)14-19(30-21(37)15-28-17-35)22(38)32-26(5,6)24(40)33-25(3,4)23(39)29-13-10-20(36)31-27(11-9-12-27)16-34(7)8/h17-19H,9-16H2,1-8H3,(H,28,35)(H,29,39)(H,30,37)(H,31,36)(H,32,38)(H,33,40). The van der Waals surface area contributed by atoms with E-state index in [1.165, 1.54) is 27.7 Å². The molecule has 1 aliphatic rings. The largest absolute Gasteiger partial charge is 0.354 e. The topological polar surface area (TPSA) is 178 Å². The Balaban J connectivity index is 2.67. The zero-order chi connectivity index (χ0) is 30.7. The molecule has 0 aromatic rings. The van der Waals surface area contributed by atoms with Crippen molar-refractivity contribution in [3.8, 4) is 0 Å². The Labute approximate surface area is 237 Å². The Morgan fingerprint density at radius 2 is 1.52 bits per heavy atom. The molecule has 228 valence electrons. The molecule has 0 saturated heterocycles. The highest BCUT2D eigenvalue weighted by molar-refractivity contribution is 5.97. The zero-order valence-electron chi connectivity index (χ0n) is 25.3. The molecule has 13 heteroatoms. The van der Waals surface area contributed by atoms with Gasteiger partial charge in [0.15, 0.2) is 0 Å². The highest BCUT2D eigenvalue weighted by atomic mass is 16.2. The maximum Gasteiger partial charge on any atom is 0.246 e. The van der Waals surface area contributed by atoms with Crippen LogP contribution in [0, 0.1) is 5.92 Å². The van der Waals surface area contributed by atoms with Crippen molar-refractivity contribution in [1.82, 2.24) is 36.8 Å². The van der Waals surface area contributed by atoms with Gasteiger partial charge in [0.25, 0.3) is 0 Å². The van der Waals surface area contributed by atoms with Crippen molar-refractivity contribution in [2.45, 2.75) is 96.3 Å². The summed E-state index contributed by atoms with van der Waals surface area (Å²) in [6.07, 6.45) is 3.73. The molecule has 1 saturated carbocycles. The first-order chi connectivity index (χ1) is 18.4. The molecule has 1 atom stereocenters. The average Bonchev–Trinajstić information content (AvgIpc) is 2.79. The number of nitrogens with one attached hydrogen (secondary N) is 6. The van der Waals surface area contributed by atoms with Crippen LogP contribution in [-0.4, -0.2) is 97.2 Å². The molecule has 1 aliphatic carbocycles. The Hall–Kier alpha value is -3.22. The lowest BCUT2D eigenvalue weighted by atomic mass is 9.76. The van der Waals surface area contributed by atoms with Crippen molar-refractivity contribution in [3.05, 3.63) is 0 Å². The summed E-state index contributed by atoms with van der Waals surface area (Å²) in [5, 5.41) is 15.9. The number of hydrogen-bond donors (Lipinski definition) is 6.